The van der Waals surface area contributed by atoms with Crippen LogP contribution in [0.1, 0.15) is 0 Å². The van der Waals surface area contributed by atoms with Crippen LogP contribution in [0.5, 0.6) is 0 Å². The first-order valence-corrected chi connectivity index (χ1v) is 18.1. The van der Waals surface area contributed by atoms with Crippen LogP contribution in [-0.4, -0.2) is 16.0 Å². The van der Waals surface area contributed by atoms with Crippen LogP contribution < -0.4 is 15.7 Å². The van der Waals surface area contributed by atoms with E-state index in [4.69, 9.17) is 0 Å². The van der Waals surface area contributed by atoms with Crippen LogP contribution in [0.2, 0.25) is 0 Å². The van der Waals surface area contributed by atoms with Gasteiger partial charge in [0, 0.05) is 55.4 Å². The Bertz CT molecular complexity index is 3080. The van der Waals surface area contributed by atoms with Gasteiger partial charge in [-0.05, 0) is 88.8 Å². The molecule has 0 aliphatic carbocycles. The van der Waals surface area contributed by atoms with Gasteiger partial charge < -0.3 is 13.9 Å². The normalized spacial score (nSPS) is 12.9. The van der Waals surface area contributed by atoms with Crippen LogP contribution in [0.15, 0.2) is 182 Å². The highest BCUT2D eigenvalue weighted by Crippen LogP contribution is 2.48. The number of aromatic nitrogens is 2. The predicted octanol–water partition coefficient (Wildman–Crippen LogP) is 10.8. The van der Waals surface area contributed by atoms with E-state index in [-0.39, 0.29) is 6.85 Å². The van der Waals surface area contributed by atoms with Crippen molar-refractivity contribution >= 4 is 72.8 Å². The van der Waals surface area contributed by atoms with Crippen molar-refractivity contribution in [2.75, 3.05) is 4.81 Å². The molecular weight excluding hydrogens is 629 g/mol. The van der Waals surface area contributed by atoms with Gasteiger partial charge in [-0.1, -0.05) is 115 Å². The van der Waals surface area contributed by atoms with Crippen molar-refractivity contribution in [2.45, 2.75) is 0 Å². The molecule has 0 N–H and O–H groups in total. The minimum absolute atomic E-state index is 0.0302. The molecular formula is C48H30BN3. The van der Waals surface area contributed by atoms with Crippen molar-refractivity contribution in [2.24, 2.45) is 0 Å². The number of rotatable bonds is 2. The van der Waals surface area contributed by atoms with Gasteiger partial charge >= 0.3 is 6.85 Å². The van der Waals surface area contributed by atoms with Gasteiger partial charge in [0.25, 0.3) is 0 Å². The van der Waals surface area contributed by atoms with E-state index in [1.807, 2.05) is 0 Å². The predicted molar refractivity (Wildman–Crippen MR) is 220 cm³/mol. The summed E-state index contributed by atoms with van der Waals surface area (Å²) in [4.78, 5) is 2.59. The molecule has 4 heterocycles. The number of para-hydroxylation sites is 5. The van der Waals surface area contributed by atoms with E-state index in [0.29, 0.717) is 0 Å². The van der Waals surface area contributed by atoms with Crippen LogP contribution in [0.25, 0.3) is 77.2 Å². The number of anilines is 2. The van der Waals surface area contributed by atoms with Crippen LogP contribution in [0, 0.1) is 0 Å². The number of benzene rings is 8. The Balaban J connectivity index is 1.26. The highest BCUT2D eigenvalue weighted by Gasteiger charge is 2.42. The summed E-state index contributed by atoms with van der Waals surface area (Å²) >= 11 is 0. The van der Waals surface area contributed by atoms with Crippen molar-refractivity contribution in [1.82, 2.24) is 9.13 Å². The second-order valence-corrected chi connectivity index (χ2v) is 14.1. The minimum atomic E-state index is 0.0302. The first kappa shape index (κ1) is 28.0. The zero-order chi connectivity index (χ0) is 33.9. The molecule has 0 atom stereocenters. The fourth-order valence-corrected chi connectivity index (χ4v) is 9.46. The highest BCUT2D eigenvalue weighted by atomic mass is 15.1. The van der Waals surface area contributed by atoms with E-state index in [1.165, 1.54) is 93.9 Å². The Hall–Kier alpha value is -6.78. The van der Waals surface area contributed by atoms with Crippen molar-refractivity contribution in [3.63, 3.8) is 0 Å². The maximum atomic E-state index is 2.59. The second-order valence-electron chi connectivity index (χ2n) is 14.1. The topological polar surface area (TPSA) is 13.1 Å². The first-order chi connectivity index (χ1) is 25.8. The van der Waals surface area contributed by atoms with Gasteiger partial charge in [0.1, 0.15) is 0 Å². The molecule has 240 valence electrons. The third-order valence-corrected chi connectivity index (χ3v) is 11.5. The minimum Gasteiger partial charge on any atom is -0.376 e. The maximum absolute atomic E-state index is 2.59. The van der Waals surface area contributed by atoms with Crippen LogP contribution in [-0.2, 0) is 0 Å². The molecule has 52 heavy (non-hydrogen) atoms. The number of hydrogen-bond donors (Lipinski definition) is 0. The average molecular weight is 660 g/mol. The maximum Gasteiger partial charge on any atom is 0.329 e. The molecule has 0 saturated carbocycles. The van der Waals surface area contributed by atoms with E-state index in [9.17, 15) is 0 Å². The van der Waals surface area contributed by atoms with E-state index in [0.717, 1.165) is 5.69 Å². The Morgan fingerprint density at radius 3 is 1.54 bits per heavy atom. The van der Waals surface area contributed by atoms with Crippen molar-refractivity contribution < 1.29 is 0 Å². The number of nitrogens with zero attached hydrogens (tertiary/aromatic N) is 3. The fraction of sp³-hybridized carbons (Fsp3) is 0. The molecule has 4 heteroatoms. The van der Waals surface area contributed by atoms with Gasteiger partial charge in [-0.3, -0.25) is 0 Å². The van der Waals surface area contributed by atoms with Gasteiger partial charge in [-0.25, -0.2) is 0 Å². The SMILES string of the molecule is c1ccc(-n2c3ccccc3c3c4c5cc6c(cc5n(-c5ccccc5)c4ccc32)B2c3ccccc3-c3ccccc3N2c2ccccc2-6)cc1. The molecule has 0 saturated heterocycles. The molecule has 0 fully saturated rings. The average Bonchev–Trinajstić information content (AvgIpc) is 3.73. The summed E-state index contributed by atoms with van der Waals surface area (Å²) in [6.07, 6.45) is 0. The molecule has 3 nitrogen and oxygen atoms in total. The van der Waals surface area contributed by atoms with Crippen LogP contribution in [0.3, 0.4) is 0 Å². The molecule has 2 aliphatic rings. The third-order valence-electron chi connectivity index (χ3n) is 11.5. The summed E-state index contributed by atoms with van der Waals surface area (Å²) in [7, 11) is 0. The lowest BCUT2D eigenvalue weighted by Crippen LogP contribution is -2.59. The van der Waals surface area contributed by atoms with Gasteiger partial charge in [-0.2, -0.15) is 0 Å². The molecule has 0 radical (unpaired) electrons. The van der Waals surface area contributed by atoms with Gasteiger partial charge in [0.15, 0.2) is 0 Å². The lowest BCUT2D eigenvalue weighted by Gasteiger charge is -2.43. The summed E-state index contributed by atoms with van der Waals surface area (Å²) in [6, 6.07) is 67.1. The number of fused-ring (bicyclic) bond motifs is 18. The molecule has 0 unspecified atom stereocenters. The molecule has 8 aromatic carbocycles. The largest absolute Gasteiger partial charge is 0.376 e. The number of hydrogen-bond acceptors (Lipinski definition) is 1. The van der Waals surface area contributed by atoms with Crippen LogP contribution >= 0.6 is 0 Å². The Labute approximate surface area is 301 Å². The molecule has 12 rings (SSSR count). The van der Waals surface area contributed by atoms with E-state index in [2.05, 4.69) is 196 Å². The molecule has 0 spiro atoms. The first-order valence-electron chi connectivity index (χ1n) is 18.1. The molecule has 2 aromatic heterocycles. The fourth-order valence-electron chi connectivity index (χ4n) is 9.46. The lowest BCUT2D eigenvalue weighted by atomic mass is 9.43. The van der Waals surface area contributed by atoms with E-state index < -0.39 is 0 Å². The molecule has 0 amide bonds. The van der Waals surface area contributed by atoms with Crippen molar-refractivity contribution in [3.8, 4) is 33.6 Å². The Morgan fingerprint density at radius 1 is 0.327 bits per heavy atom. The zero-order valence-corrected chi connectivity index (χ0v) is 28.2. The molecule has 0 bridgehead atoms. The second kappa shape index (κ2) is 10.4. The van der Waals surface area contributed by atoms with Crippen molar-refractivity contribution in [3.05, 3.63) is 182 Å². The zero-order valence-electron chi connectivity index (χ0n) is 28.2. The summed E-state index contributed by atoms with van der Waals surface area (Å²) in [5.41, 5.74) is 17.5. The van der Waals surface area contributed by atoms with Crippen LogP contribution in [0.4, 0.5) is 11.4 Å². The summed E-state index contributed by atoms with van der Waals surface area (Å²) in [5, 5.41) is 5.12. The molecule has 2 aliphatic heterocycles. The quantitative estimate of drug-likeness (QED) is 0.168. The lowest BCUT2D eigenvalue weighted by molar-refractivity contribution is 1.17. The molecule has 10 aromatic rings. The van der Waals surface area contributed by atoms with Gasteiger partial charge in [0.2, 0.25) is 0 Å². The summed E-state index contributed by atoms with van der Waals surface area (Å²) in [6.45, 7) is 0.0302. The Kier molecular flexibility index (Phi) is 5.58. The van der Waals surface area contributed by atoms with Crippen molar-refractivity contribution in [1.29, 1.82) is 0 Å². The third kappa shape index (κ3) is 3.60. The smallest absolute Gasteiger partial charge is 0.329 e. The van der Waals surface area contributed by atoms with E-state index >= 15 is 0 Å². The Morgan fingerprint density at radius 2 is 0.846 bits per heavy atom. The van der Waals surface area contributed by atoms with Gasteiger partial charge in [0.05, 0.1) is 22.1 Å². The monoisotopic (exact) mass is 659 g/mol. The van der Waals surface area contributed by atoms with Gasteiger partial charge in [-0.15, -0.1) is 0 Å². The standard InChI is InChI=1S/C48H30BN3/c1-3-15-31(16-4-1)50-41-24-12-10-22-36(41)47-44(50)27-28-45-48(47)38-29-37-35-21-9-14-26-43(35)52-42-25-13-8-20-34(42)33-19-7-11-23-39(33)49(52)40(37)30-46(38)51(45)32-17-5-2-6-18-32/h1-30H. The van der Waals surface area contributed by atoms with E-state index in [1.54, 1.807) is 0 Å². The summed E-state index contributed by atoms with van der Waals surface area (Å²) < 4.78 is 4.92. The summed E-state index contributed by atoms with van der Waals surface area (Å²) in [5.74, 6) is 0. The highest BCUT2D eigenvalue weighted by molar-refractivity contribution is 6.92.